The van der Waals surface area contributed by atoms with Crippen LogP contribution >= 0.6 is 0 Å². The van der Waals surface area contributed by atoms with E-state index in [0.29, 0.717) is 36.1 Å². The summed E-state index contributed by atoms with van der Waals surface area (Å²) in [6.45, 7) is 7.05. The van der Waals surface area contributed by atoms with Gasteiger partial charge in [0.1, 0.15) is 5.75 Å². The number of methoxy groups -OCH3 is 1. The van der Waals surface area contributed by atoms with E-state index in [9.17, 15) is 9.59 Å². The highest BCUT2D eigenvalue weighted by Gasteiger charge is 2.35. The van der Waals surface area contributed by atoms with Gasteiger partial charge in [-0.3, -0.25) is 4.90 Å². The van der Waals surface area contributed by atoms with Crippen LogP contribution in [0.4, 0.5) is 4.79 Å². The zero-order chi connectivity index (χ0) is 20.1. The highest BCUT2D eigenvalue weighted by Crippen LogP contribution is 2.34. The quantitative estimate of drug-likeness (QED) is 0.734. The number of urea groups is 1. The molecule has 0 spiro atoms. The third-order valence-corrected chi connectivity index (χ3v) is 5.35. The first-order valence-corrected chi connectivity index (χ1v) is 9.86. The van der Waals surface area contributed by atoms with Crippen molar-refractivity contribution in [1.82, 2.24) is 15.5 Å². The molecule has 2 heterocycles. The van der Waals surface area contributed by atoms with E-state index >= 15 is 0 Å². The summed E-state index contributed by atoms with van der Waals surface area (Å²) in [6, 6.07) is 6.49. The number of nitrogens with zero attached hydrogens (tertiary/aromatic N) is 1. The molecule has 1 fully saturated rings. The summed E-state index contributed by atoms with van der Waals surface area (Å²) < 4.78 is 10.8. The molecule has 7 heteroatoms. The fraction of sp³-hybridized carbons (Fsp3) is 0.524. The van der Waals surface area contributed by atoms with Gasteiger partial charge in [-0.2, -0.15) is 0 Å². The molecule has 0 bridgehead atoms. The second-order valence-corrected chi connectivity index (χ2v) is 7.34. The van der Waals surface area contributed by atoms with Gasteiger partial charge in [0.2, 0.25) is 0 Å². The number of carbonyl (C=O) groups excluding carboxylic acids is 2. The Bertz CT molecular complexity index is 754. The Labute approximate surface area is 166 Å². The van der Waals surface area contributed by atoms with Gasteiger partial charge in [0.25, 0.3) is 0 Å². The normalized spacial score (nSPS) is 21.1. The van der Waals surface area contributed by atoms with E-state index in [-0.39, 0.29) is 6.03 Å². The number of hydrogen-bond donors (Lipinski definition) is 2. The lowest BCUT2D eigenvalue weighted by Gasteiger charge is -2.35. The van der Waals surface area contributed by atoms with Crippen molar-refractivity contribution in [1.29, 1.82) is 0 Å². The highest BCUT2D eigenvalue weighted by molar-refractivity contribution is 5.95. The summed E-state index contributed by atoms with van der Waals surface area (Å²) in [6.07, 6.45) is 2.23. The molecule has 1 atom stereocenters. The van der Waals surface area contributed by atoms with Gasteiger partial charge in [-0.15, -0.1) is 0 Å². The topological polar surface area (TPSA) is 79.9 Å². The third kappa shape index (κ3) is 4.47. The predicted octanol–water partition coefficient (Wildman–Crippen LogP) is 2.60. The molecule has 0 saturated carbocycles. The lowest BCUT2D eigenvalue weighted by Crippen LogP contribution is -2.49. The van der Waals surface area contributed by atoms with E-state index in [2.05, 4.69) is 22.5 Å². The van der Waals surface area contributed by atoms with Gasteiger partial charge in [0.05, 0.1) is 25.3 Å². The number of rotatable bonds is 6. The molecule has 7 nitrogen and oxygen atoms in total. The summed E-state index contributed by atoms with van der Waals surface area (Å²) in [4.78, 5) is 27.4. The Morgan fingerprint density at radius 2 is 1.96 bits per heavy atom. The summed E-state index contributed by atoms with van der Waals surface area (Å²) in [5, 5.41) is 5.70. The van der Waals surface area contributed by atoms with Crippen LogP contribution in [0.3, 0.4) is 0 Å². The number of esters is 1. The molecule has 0 radical (unpaired) electrons. The fourth-order valence-electron chi connectivity index (χ4n) is 3.78. The SMILES string of the molecule is CCOc1ccccc1C1NC(=O)NC(CN2CCC(C)CC2)=C1C(=O)OC. The van der Waals surface area contributed by atoms with Gasteiger partial charge in [-0.25, -0.2) is 9.59 Å². The molecule has 2 amide bonds. The number of para-hydroxylation sites is 1. The van der Waals surface area contributed by atoms with Gasteiger partial charge in [-0.05, 0) is 44.8 Å². The average Bonchev–Trinajstić information content (AvgIpc) is 2.69. The molecule has 0 aliphatic carbocycles. The number of piperidine rings is 1. The molecular formula is C21H29N3O4. The van der Waals surface area contributed by atoms with Crippen LogP contribution in [-0.4, -0.2) is 50.3 Å². The molecule has 1 unspecified atom stereocenters. The van der Waals surface area contributed by atoms with Crippen molar-refractivity contribution in [2.45, 2.75) is 32.7 Å². The molecule has 1 saturated heterocycles. The smallest absolute Gasteiger partial charge is 0.338 e. The van der Waals surface area contributed by atoms with Gasteiger partial charge in [-0.1, -0.05) is 25.1 Å². The van der Waals surface area contributed by atoms with Crippen molar-refractivity contribution in [3.8, 4) is 5.75 Å². The van der Waals surface area contributed by atoms with E-state index in [1.54, 1.807) is 0 Å². The Balaban J connectivity index is 1.98. The molecule has 0 aromatic heterocycles. The van der Waals surface area contributed by atoms with Crippen molar-refractivity contribution in [3.05, 3.63) is 41.1 Å². The number of benzene rings is 1. The molecular weight excluding hydrogens is 358 g/mol. The lowest BCUT2D eigenvalue weighted by molar-refractivity contribution is -0.136. The van der Waals surface area contributed by atoms with Crippen LogP contribution in [0, 0.1) is 5.92 Å². The summed E-state index contributed by atoms with van der Waals surface area (Å²) in [5.74, 6) is 0.896. The van der Waals surface area contributed by atoms with Gasteiger partial charge >= 0.3 is 12.0 Å². The zero-order valence-electron chi connectivity index (χ0n) is 16.8. The molecule has 1 aromatic carbocycles. The maximum atomic E-state index is 12.7. The number of carbonyl (C=O) groups is 2. The van der Waals surface area contributed by atoms with E-state index < -0.39 is 12.0 Å². The minimum absolute atomic E-state index is 0.329. The van der Waals surface area contributed by atoms with Crippen LogP contribution in [0.25, 0.3) is 0 Å². The highest BCUT2D eigenvalue weighted by atomic mass is 16.5. The minimum atomic E-state index is -0.623. The summed E-state index contributed by atoms with van der Waals surface area (Å²) in [5.41, 5.74) is 1.76. The molecule has 1 aromatic rings. The molecule has 152 valence electrons. The van der Waals surface area contributed by atoms with Gasteiger partial charge < -0.3 is 20.1 Å². The fourth-order valence-corrected chi connectivity index (χ4v) is 3.78. The first-order chi connectivity index (χ1) is 13.5. The lowest BCUT2D eigenvalue weighted by atomic mass is 9.93. The summed E-state index contributed by atoms with van der Waals surface area (Å²) >= 11 is 0. The summed E-state index contributed by atoms with van der Waals surface area (Å²) in [7, 11) is 1.36. The molecule has 28 heavy (non-hydrogen) atoms. The van der Waals surface area contributed by atoms with Crippen molar-refractivity contribution in [3.63, 3.8) is 0 Å². The Morgan fingerprint density at radius 3 is 2.64 bits per heavy atom. The number of hydrogen-bond acceptors (Lipinski definition) is 5. The first-order valence-electron chi connectivity index (χ1n) is 9.86. The van der Waals surface area contributed by atoms with Crippen LogP contribution in [-0.2, 0) is 9.53 Å². The molecule has 3 rings (SSSR count). The predicted molar refractivity (Wildman–Crippen MR) is 106 cm³/mol. The monoisotopic (exact) mass is 387 g/mol. The largest absolute Gasteiger partial charge is 0.494 e. The second-order valence-electron chi connectivity index (χ2n) is 7.34. The first kappa shape index (κ1) is 20.2. The van der Waals surface area contributed by atoms with E-state index in [4.69, 9.17) is 9.47 Å². The minimum Gasteiger partial charge on any atom is -0.494 e. The van der Waals surface area contributed by atoms with Crippen molar-refractivity contribution in [2.24, 2.45) is 5.92 Å². The van der Waals surface area contributed by atoms with Crippen LogP contribution in [0.1, 0.15) is 38.3 Å². The number of ether oxygens (including phenoxy) is 2. The maximum Gasteiger partial charge on any atom is 0.338 e. The van der Waals surface area contributed by atoms with Crippen LogP contribution in [0.5, 0.6) is 5.75 Å². The van der Waals surface area contributed by atoms with Crippen LogP contribution in [0.2, 0.25) is 0 Å². The Kier molecular flexibility index (Phi) is 6.57. The Hall–Kier alpha value is -2.54. The van der Waals surface area contributed by atoms with Crippen molar-refractivity contribution in [2.75, 3.05) is 33.4 Å². The van der Waals surface area contributed by atoms with E-state index in [1.807, 2.05) is 31.2 Å². The van der Waals surface area contributed by atoms with Crippen molar-refractivity contribution < 1.29 is 19.1 Å². The van der Waals surface area contributed by atoms with Gasteiger partial charge in [0.15, 0.2) is 0 Å². The number of amides is 2. The van der Waals surface area contributed by atoms with E-state index in [1.165, 1.54) is 7.11 Å². The average molecular weight is 387 g/mol. The molecule has 2 aliphatic heterocycles. The second kappa shape index (κ2) is 9.10. The zero-order valence-corrected chi connectivity index (χ0v) is 16.8. The van der Waals surface area contributed by atoms with E-state index in [0.717, 1.165) is 31.5 Å². The third-order valence-electron chi connectivity index (χ3n) is 5.35. The molecule has 2 N–H and O–H groups in total. The molecule has 2 aliphatic rings. The number of likely N-dealkylation sites (tertiary alicyclic amines) is 1. The van der Waals surface area contributed by atoms with Crippen molar-refractivity contribution >= 4 is 12.0 Å². The van der Waals surface area contributed by atoms with Gasteiger partial charge in [0, 0.05) is 17.8 Å². The van der Waals surface area contributed by atoms with Crippen LogP contribution < -0.4 is 15.4 Å². The Morgan fingerprint density at radius 1 is 1.25 bits per heavy atom. The van der Waals surface area contributed by atoms with Crippen LogP contribution in [0.15, 0.2) is 35.5 Å². The maximum absolute atomic E-state index is 12.7. The number of nitrogens with one attached hydrogen (secondary N) is 2. The standard InChI is InChI=1S/C21H29N3O4/c1-4-28-17-8-6-5-7-15(17)19-18(20(25)27-3)16(22-21(26)23-19)13-24-11-9-14(2)10-12-24/h5-8,14,19H,4,9-13H2,1-3H3,(H2,22,23,26).